The molecule has 4 atom stereocenters. The first-order valence-electron chi connectivity index (χ1n) is 11.6. The van der Waals surface area contributed by atoms with Crippen LogP contribution in [-0.2, 0) is 19.1 Å². The van der Waals surface area contributed by atoms with Crippen molar-refractivity contribution in [2.24, 2.45) is 11.8 Å². The van der Waals surface area contributed by atoms with Gasteiger partial charge in [0.05, 0.1) is 14.2 Å². The second-order valence-electron chi connectivity index (χ2n) is 8.89. The monoisotopic (exact) mass is 426 g/mol. The third kappa shape index (κ3) is 4.04. The van der Waals surface area contributed by atoms with E-state index in [4.69, 9.17) is 9.47 Å². The predicted octanol–water partition coefficient (Wildman–Crippen LogP) is 4.43. The molecule has 3 aliphatic heterocycles. The first-order chi connectivity index (χ1) is 15.1. The van der Waals surface area contributed by atoms with Gasteiger partial charge >= 0.3 is 11.9 Å². The van der Waals surface area contributed by atoms with Crippen molar-refractivity contribution in [1.29, 1.82) is 0 Å². The lowest BCUT2D eigenvalue weighted by Gasteiger charge is -2.51. The van der Waals surface area contributed by atoms with E-state index in [1.807, 2.05) is 0 Å². The second-order valence-corrected chi connectivity index (χ2v) is 8.89. The first kappa shape index (κ1) is 21.7. The number of nitrogens with one attached hydrogen (secondary N) is 1. The van der Waals surface area contributed by atoms with Crippen molar-refractivity contribution in [3.63, 3.8) is 0 Å². The van der Waals surface area contributed by atoms with Gasteiger partial charge in [0.2, 0.25) is 0 Å². The molecule has 1 aromatic carbocycles. The van der Waals surface area contributed by atoms with Crippen LogP contribution < -0.4 is 5.32 Å². The molecule has 31 heavy (non-hydrogen) atoms. The molecule has 0 radical (unpaired) electrons. The number of hydrogen-bond donors (Lipinski definition) is 1. The summed E-state index contributed by atoms with van der Waals surface area (Å²) in [7, 11) is 2.90. The molecule has 3 aliphatic rings. The number of nitrogens with zero attached hydrogens (tertiary/aromatic N) is 1. The van der Waals surface area contributed by atoms with Crippen LogP contribution in [0, 0.1) is 11.8 Å². The number of piperidine rings is 1. The van der Waals surface area contributed by atoms with E-state index in [1.165, 1.54) is 43.3 Å². The molecular weight excluding hydrogens is 392 g/mol. The average molecular weight is 427 g/mol. The van der Waals surface area contributed by atoms with Gasteiger partial charge in [-0.3, -0.25) is 9.59 Å². The molecule has 1 saturated heterocycles. The molecule has 4 unspecified atom stereocenters. The molecule has 4 rings (SSSR count). The van der Waals surface area contributed by atoms with Crippen LogP contribution in [0.5, 0.6) is 0 Å². The van der Waals surface area contributed by atoms with Crippen molar-refractivity contribution >= 4 is 17.6 Å². The predicted molar refractivity (Wildman–Crippen MR) is 119 cm³/mol. The van der Waals surface area contributed by atoms with Gasteiger partial charge < -0.3 is 19.7 Å². The molecule has 3 heterocycles. The summed E-state index contributed by atoms with van der Waals surface area (Å²) >= 11 is 0. The lowest BCUT2D eigenvalue weighted by molar-refractivity contribution is -0.142. The Labute approximate surface area is 185 Å². The lowest BCUT2D eigenvalue weighted by atomic mass is 9.70. The van der Waals surface area contributed by atoms with Crippen molar-refractivity contribution in [2.45, 2.75) is 63.8 Å². The van der Waals surface area contributed by atoms with Crippen LogP contribution in [0.15, 0.2) is 35.7 Å². The Morgan fingerprint density at radius 3 is 2.52 bits per heavy atom. The first-order valence-corrected chi connectivity index (χ1v) is 11.6. The maximum Gasteiger partial charge on any atom is 0.305 e. The largest absolute Gasteiger partial charge is 0.469 e. The van der Waals surface area contributed by atoms with Crippen LogP contribution in [0.2, 0.25) is 0 Å². The lowest BCUT2D eigenvalue weighted by Crippen LogP contribution is -2.51. The van der Waals surface area contributed by atoms with E-state index in [9.17, 15) is 9.59 Å². The number of methoxy groups -OCH3 is 2. The maximum absolute atomic E-state index is 12.1. The zero-order chi connectivity index (χ0) is 22.0. The highest BCUT2D eigenvalue weighted by Gasteiger charge is 2.48. The molecule has 1 N–H and O–H groups in total. The van der Waals surface area contributed by atoms with E-state index >= 15 is 0 Å². The Morgan fingerprint density at radius 2 is 1.81 bits per heavy atom. The highest BCUT2D eigenvalue weighted by atomic mass is 16.5. The summed E-state index contributed by atoms with van der Waals surface area (Å²) in [5.41, 5.74) is 5.23. The number of benzene rings is 1. The summed E-state index contributed by atoms with van der Waals surface area (Å²) in [6, 6.07) is 8.73. The fourth-order valence-corrected chi connectivity index (χ4v) is 5.98. The standard InChI is InChI=1S/C25H34N2O4/c1-4-16-8-7-15-27-20(12-14-22(29)31-3)18(11-13-21(28)30-2)23-17-9-5-6-10-19(17)26-24(23)25(16)27/h5-6,9-10,16,18,20,23,26H,4,7-8,11-15H2,1-3H3. The number of ether oxygens (including phenoxy) is 2. The number of esters is 2. The number of anilines is 1. The van der Waals surface area contributed by atoms with Gasteiger partial charge in [-0.1, -0.05) is 25.1 Å². The van der Waals surface area contributed by atoms with Gasteiger partial charge in [0.25, 0.3) is 0 Å². The number of rotatable bonds is 7. The Kier molecular flexibility index (Phi) is 6.54. The van der Waals surface area contributed by atoms with E-state index in [-0.39, 0.29) is 29.8 Å². The number of para-hydroxylation sites is 1. The average Bonchev–Trinajstić information content (AvgIpc) is 3.19. The quantitative estimate of drug-likeness (QED) is 0.651. The van der Waals surface area contributed by atoms with Crippen molar-refractivity contribution in [3.8, 4) is 0 Å². The van der Waals surface area contributed by atoms with Gasteiger partial charge in [-0.05, 0) is 49.7 Å². The van der Waals surface area contributed by atoms with Gasteiger partial charge in [-0.25, -0.2) is 0 Å². The molecule has 1 aromatic rings. The number of carbonyl (C=O) groups excluding carboxylic acids is 2. The van der Waals surface area contributed by atoms with Crippen LogP contribution in [0.1, 0.15) is 63.4 Å². The second kappa shape index (κ2) is 9.33. The minimum absolute atomic E-state index is 0.169. The van der Waals surface area contributed by atoms with Gasteiger partial charge in [0.15, 0.2) is 0 Å². The summed E-state index contributed by atoms with van der Waals surface area (Å²) in [5.74, 6) is 0.635. The minimum atomic E-state index is -0.174. The highest BCUT2D eigenvalue weighted by molar-refractivity contribution is 5.71. The topological polar surface area (TPSA) is 67.9 Å². The van der Waals surface area contributed by atoms with Gasteiger partial charge in [-0.15, -0.1) is 0 Å². The summed E-state index contributed by atoms with van der Waals surface area (Å²) in [5, 5.41) is 3.76. The summed E-state index contributed by atoms with van der Waals surface area (Å²) in [6.45, 7) is 3.27. The van der Waals surface area contributed by atoms with Crippen molar-refractivity contribution in [3.05, 3.63) is 41.2 Å². The van der Waals surface area contributed by atoms with Crippen molar-refractivity contribution in [1.82, 2.24) is 4.90 Å². The van der Waals surface area contributed by atoms with Crippen LogP contribution in [0.3, 0.4) is 0 Å². The molecule has 168 valence electrons. The van der Waals surface area contributed by atoms with Crippen LogP contribution in [0.4, 0.5) is 5.69 Å². The molecular formula is C25H34N2O4. The number of fused-ring (bicyclic) bond motifs is 4. The summed E-state index contributed by atoms with van der Waals surface area (Å²) in [6.07, 6.45) is 5.73. The van der Waals surface area contributed by atoms with Crippen LogP contribution in [0.25, 0.3) is 0 Å². The summed E-state index contributed by atoms with van der Waals surface area (Å²) in [4.78, 5) is 26.7. The molecule has 6 heteroatoms. The van der Waals surface area contributed by atoms with E-state index in [2.05, 4.69) is 41.4 Å². The normalized spacial score (nSPS) is 26.5. The molecule has 0 spiro atoms. The number of allylic oxidation sites excluding steroid dienone is 2. The Hall–Kier alpha value is -2.50. The molecule has 6 nitrogen and oxygen atoms in total. The van der Waals surface area contributed by atoms with Crippen molar-refractivity contribution < 1.29 is 19.1 Å². The fourth-order valence-electron chi connectivity index (χ4n) is 5.98. The summed E-state index contributed by atoms with van der Waals surface area (Å²) < 4.78 is 9.92. The molecule has 0 aromatic heterocycles. The third-order valence-electron chi connectivity index (χ3n) is 7.40. The molecule has 0 bridgehead atoms. The SMILES string of the molecule is CCC1CCCN2C1=C1Nc3ccccc3C1C(CCC(=O)OC)C2CCC(=O)OC. The minimum Gasteiger partial charge on any atom is -0.469 e. The van der Waals surface area contributed by atoms with Crippen LogP contribution >= 0.6 is 0 Å². The van der Waals surface area contributed by atoms with E-state index in [0.29, 0.717) is 18.8 Å². The smallest absolute Gasteiger partial charge is 0.305 e. The third-order valence-corrected chi connectivity index (χ3v) is 7.40. The van der Waals surface area contributed by atoms with E-state index in [1.54, 1.807) is 0 Å². The molecule has 0 amide bonds. The Bertz CT molecular complexity index is 865. The van der Waals surface area contributed by atoms with Crippen molar-refractivity contribution in [2.75, 3.05) is 26.1 Å². The molecule has 0 saturated carbocycles. The molecule has 0 aliphatic carbocycles. The van der Waals surface area contributed by atoms with Crippen LogP contribution in [-0.4, -0.2) is 43.6 Å². The van der Waals surface area contributed by atoms with E-state index in [0.717, 1.165) is 32.2 Å². The maximum atomic E-state index is 12.1. The Balaban J connectivity index is 1.78. The van der Waals surface area contributed by atoms with Gasteiger partial charge in [-0.2, -0.15) is 0 Å². The number of hydrogen-bond acceptors (Lipinski definition) is 6. The Morgan fingerprint density at radius 1 is 1.10 bits per heavy atom. The zero-order valence-corrected chi connectivity index (χ0v) is 18.9. The fraction of sp³-hybridized carbons (Fsp3) is 0.600. The van der Waals surface area contributed by atoms with Gasteiger partial charge in [0.1, 0.15) is 0 Å². The zero-order valence-electron chi connectivity index (χ0n) is 18.9. The molecule has 1 fully saturated rings. The number of carbonyl (C=O) groups is 2. The van der Waals surface area contributed by atoms with Gasteiger partial charge in [0, 0.05) is 54.3 Å². The highest BCUT2D eigenvalue weighted by Crippen LogP contribution is 2.54. The van der Waals surface area contributed by atoms with E-state index < -0.39 is 0 Å².